The first kappa shape index (κ1) is 15.0. The van der Waals surface area contributed by atoms with Crippen LogP contribution in [0.15, 0.2) is 46.2 Å². The molecule has 118 valence electrons. The number of hydrogen-bond acceptors (Lipinski definition) is 5. The summed E-state index contributed by atoms with van der Waals surface area (Å²) < 4.78 is 7.74. The summed E-state index contributed by atoms with van der Waals surface area (Å²) in [5.74, 6) is 0.719. The average Bonchev–Trinajstić information content (AvgIpc) is 2.60. The van der Waals surface area contributed by atoms with Crippen molar-refractivity contribution in [1.82, 2.24) is 19.1 Å². The topological polar surface area (TPSA) is 79.0 Å². The number of nitrogens with zero attached hydrogens (tertiary/aromatic N) is 4. The Hall–Kier alpha value is -2.96. The lowest BCUT2D eigenvalue weighted by Crippen LogP contribution is -2.40. The van der Waals surface area contributed by atoms with Crippen LogP contribution in [0.5, 0.6) is 5.75 Å². The van der Waals surface area contributed by atoms with Gasteiger partial charge in [0.1, 0.15) is 5.75 Å². The smallest absolute Gasteiger partial charge is 0.333 e. The molecule has 0 atom stereocenters. The zero-order valence-corrected chi connectivity index (χ0v) is 12.9. The van der Waals surface area contributed by atoms with E-state index in [-0.39, 0.29) is 17.8 Å². The van der Waals surface area contributed by atoms with Crippen molar-refractivity contribution in [2.45, 2.75) is 20.0 Å². The maximum Gasteiger partial charge on any atom is 0.333 e. The van der Waals surface area contributed by atoms with Crippen molar-refractivity contribution in [3.63, 3.8) is 0 Å². The number of ether oxygens (including phenoxy) is 1. The molecule has 0 aliphatic heterocycles. The third-order valence-electron chi connectivity index (χ3n) is 3.66. The molecule has 0 N–H and O–H groups in total. The Kier molecular flexibility index (Phi) is 3.92. The van der Waals surface area contributed by atoms with Gasteiger partial charge >= 0.3 is 5.69 Å². The fraction of sp³-hybridized carbons (Fsp3) is 0.250. The van der Waals surface area contributed by atoms with E-state index in [2.05, 4.69) is 9.97 Å². The first-order valence-electron chi connectivity index (χ1n) is 7.23. The molecule has 0 saturated carbocycles. The molecule has 0 radical (unpaired) electrons. The Morgan fingerprint density at radius 3 is 2.39 bits per heavy atom. The predicted molar refractivity (Wildman–Crippen MR) is 85.8 cm³/mol. The van der Waals surface area contributed by atoms with Gasteiger partial charge in [-0.1, -0.05) is 12.1 Å². The third-order valence-corrected chi connectivity index (χ3v) is 3.66. The number of benzene rings is 1. The normalized spacial score (nSPS) is 10.9. The van der Waals surface area contributed by atoms with Gasteiger partial charge in [-0.3, -0.25) is 13.9 Å². The number of rotatable bonds is 4. The van der Waals surface area contributed by atoms with E-state index in [9.17, 15) is 9.59 Å². The van der Waals surface area contributed by atoms with Gasteiger partial charge in [0.15, 0.2) is 11.2 Å². The lowest BCUT2D eigenvalue weighted by molar-refractivity contribution is 0.414. The highest BCUT2D eigenvalue weighted by atomic mass is 16.5. The SMILES string of the molecule is CCn1c(=O)n(Cc2ccc(OC)cc2)c(=O)c2nccnc21. The summed E-state index contributed by atoms with van der Waals surface area (Å²) in [6, 6.07) is 7.23. The molecular formula is C16H16N4O3. The van der Waals surface area contributed by atoms with Gasteiger partial charge in [0, 0.05) is 18.9 Å². The van der Waals surface area contributed by atoms with Crippen LogP contribution in [-0.2, 0) is 13.1 Å². The molecule has 0 aliphatic rings. The molecule has 23 heavy (non-hydrogen) atoms. The number of fused-ring (bicyclic) bond motifs is 1. The lowest BCUT2D eigenvalue weighted by Gasteiger charge is -2.11. The van der Waals surface area contributed by atoms with Crippen LogP contribution in [0.2, 0.25) is 0 Å². The maximum atomic E-state index is 12.6. The summed E-state index contributed by atoms with van der Waals surface area (Å²) in [6.07, 6.45) is 2.92. The van der Waals surface area contributed by atoms with Crippen molar-refractivity contribution >= 4 is 11.2 Å². The van der Waals surface area contributed by atoms with Crippen LogP contribution in [0.1, 0.15) is 12.5 Å². The van der Waals surface area contributed by atoms with E-state index in [1.807, 2.05) is 19.1 Å². The highest BCUT2D eigenvalue weighted by molar-refractivity contribution is 5.68. The van der Waals surface area contributed by atoms with Crippen LogP contribution in [0.25, 0.3) is 11.2 Å². The van der Waals surface area contributed by atoms with Crippen LogP contribution in [0, 0.1) is 0 Å². The van der Waals surface area contributed by atoms with E-state index in [1.165, 1.54) is 21.5 Å². The predicted octanol–water partition coefficient (Wildman–Crippen LogP) is 1.03. The fourth-order valence-corrected chi connectivity index (χ4v) is 2.47. The second kappa shape index (κ2) is 6.04. The zero-order valence-electron chi connectivity index (χ0n) is 12.9. The lowest BCUT2D eigenvalue weighted by atomic mass is 10.2. The highest BCUT2D eigenvalue weighted by Gasteiger charge is 2.14. The Morgan fingerprint density at radius 1 is 1.04 bits per heavy atom. The Labute approximate surface area is 131 Å². The van der Waals surface area contributed by atoms with Crippen molar-refractivity contribution in [3.05, 3.63) is 63.1 Å². The van der Waals surface area contributed by atoms with E-state index in [4.69, 9.17) is 4.74 Å². The van der Waals surface area contributed by atoms with Gasteiger partial charge in [-0.2, -0.15) is 0 Å². The summed E-state index contributed by atoms with van der Waals surface area (Å²) in [6.45, 7) is 2.42. The molecule has 0 bridgehead atoms. The molecule has 0 aliphatic carbocycles. The van der Waals surface area contributed by atoms with Crippen molar-refractivity contribution in [2.24, 2.45) is 0 Å². The van der Waals surface area contributed by atoms with Crippen molar-refractivity contribution in [3.8, 4) is 5.75 Å². The van der Waals surface area contributed by atoms with Gasteiger partial charge in [-0.25, -0.2) is 14.8 Å². The number of aromatic nitrogens is 4. The summed E-state index contributed by atoms with van der Waals surface area (Å²) in [7, 11) is 1.58. The van der Waals surface area contributed by atoms with Crippen molar-refractivity contribution < 1.29 is 4.74 Å². The third kappa shape index (κ3) is 2.61. The zero-order chi connectivity index (χ0) is 16.4. The minimum Gasteiger partial charge on any atom is -0.497 e. The number of aryl methyl sites for hydroxylation is 1. The van der Waals surface area contributed by atoms with Gasteiger partial charge < -0.3 is 4.74 Å². The van der Waals surface area contributed by atoms with Crippen LogP contribution >= 0.6 is 0 Å². The molecular weight excluding hydrogens is 296 g/mol. The largest absolute Gasteiger partial charge is 0.497 e. The van der Waals surface area contributed by atoms with Crippen LogP contribution in [0.3, 0.4) is 0 Å². The Morgan fingerprint density at radius 2 is 1.74 bits per heavy atom. The van der Waals surface area contributed by atoms with Gasteiger partial charge in [0.2, 0.25) is 0 Å². The van der Waals surface area contributed by atoms with Crippen LogP contribution in [-0.4, -0.2) is 26.2 Å². The molecule has 7 nitrogen and oxygen atoms in total. The standard InChI is InChI=1S/C16H16N4O3/c1-3-19-14-13(17-8-9-18-14)15(21)20(16(19)22)10-11-4-6-12(23-2)7-5-11/h4-9H,3,10H2,1-2H3. The summed E-state index contributed by atoms with van der Waals surface area (Å²) >= 11 is 0. The molecule has 3 rings (SSSR count). The number of hydrogen-bond donors (Lipinski definition) is 0. The summed E-state index contributed by atoms with van der Waals surface area (Å²) in [5, 5.41) is 0. The minimum absolute atomic E-state index is 0.175. The molecule has 2 aromatic heterocycles. The molecule has 1 aromatic carbocycles. The van der Waals surface area contributed by atoms with Gasteiger partial charge in [-0.05, 0) is 24.6 Å². The van der Waals surface area contributed by atoms with Gasteiger partial charge in [-0.15, -0.1) is 0 Å². The monoisotopic (exact) mass is 312 g/mol. The molecule has 0 unspecified atom stereocenters. The second-order valence-corrected chi connectivity index (χ2v) is 4.99. The van der Waals surface area contributed by atoms with Gasteiger partial charge in [0.25, 0.3) is 5.56 Å². The molecule has 0 amide bonds. The van der Waals surface area contributed by atoms with E-state index < -0.39 is 5.56 Å². The summed E-state index contributed by atoms with van der Waals surface area (Å²) in [4.78, 5) is 33.4. The average molecular weight is 312 g/mol. The van der Waals surface area contributed by atoms with Gasteiger partial charge in [0.05, 0.1) is 13.7 Å². The second-order valence-electron chi connectivity index (χ2n) is 4.99. The van der Waals surface area contributed by atoms with Crippen molar-refractivity contribution in [2.75, 3.05) is 7.11 Å². The maximum absolute atomic E-state index is 12.6. The quantitative estimate of drug-likeness (QED) is 0.719. The molecule has 7 heteroatoms. The first-order valence-corrected chi connectivity index (χ1v) is 7.23. The van der Waals surface area contributed by atoms with Crippen molar-refractivity contribution in [1.29, 1.82) is 0 Å². The fourth-order valence-electron chi connectivity index (χ4n) is 2.47. The molecule has 0 saturated heterocycles. The van der Waals surface area contributed by atoms with Crippen LogP contribution < -0.4 is 16.0 Å². The highest BCUT2D eigenvalue weighted by Crippen LogP contribution is 2.11. The molecule has 0 spiro atoms. The van der Waals surface area contributed by atoms with E-state index >= 15 is 0 Å². The molecule has 2 heterocycles. The number of methoxy groups -OCH3 is 1. The van der Waals surface area contributed by atoms with E-state index in [1.54, 1.807) is 19.2 Å². The molecule has 3 aromatic rings. The van der Waals surface area contributed by atoms with Crippen LogP contribution in [0.4, 0.5) is 0 Å². The first-order chi connectivity index (χ1) is 11.2. The minimum atomic E-state index is -0.432. The molecule has 0 fully saturated rings. The van der Waals surface area contributed by atoms with E-state index in [0.717, 1.165) is 11.3 Å². The Bertz CT molecular complexity index is 958. The Balaban J connectivity index is 2.17. The summed E-state index contributed by atoms with van der Waals surface area (Å²) in [5.41, 5.74) is 0.522. The van der Waals surface area contributed by atoms with E-state index in [0.29, 0.717) is 12.2 Å².